The Labute approximate surface area is 141 Å². The summed E-state index contributed by atoms with van der Waals surface area (Å²) >= 11 is 0. The summed E-state index contributed by atoms with van der Waals surface area (Å²) < 4.78 is 5.16. The zero-order chi connectivity index (χ0) is 16.9. The number of amides is 1. The Balaban J connectivity index is 1.71. The van der Waals surface area contributed by atoms with Crippen LogP contribution in [0, 0.1) is 6.92 Å². The third kappa shape index (κ3) is 3.45. The van der Waals surface area contributed by atoms with Crippen molar-refractivity contribution in [3.05, 3.63) is 41.9 Å². The number of carbonyl (C=O) groups excluding carboxylic acids is 1. The van der Waals surface area contributed by atoms with Gasteiger partial charge >= 0.3 is 0 Å². The van der Waals surface area contributed by atoms with Gasteiger partial charge in [0.15, 0.2) is 0 Å². The van der Waals surface area contributed by atoms with Crippen LogP contribution in [0.25, 0.3) is 0 Å². The Bertz CT molecular complexity index is 722. The highest BCUT2D eigenvalue weighted by atomic mass is 16.5. The molecule has 1 aliphatic heterocycles. The van der Waals surface area contributed by atoms with Crippen molar-refractivity contribution >= 4 is 11.9 Å². The van der Waals surface area contributed by atoms with Gasteiger partial charge in [-0.15, -0.1) is 0 Å². The third-order valence-corrected chi connectivity index (χ3v) is 4.13. The van der Waals surface area contributed by atoms with Crippen molar-refractivity contribution in [1.82, 2.24) is 19.9 Å². The first-order valence-corrected chi connectivity index (χ1v) is 8.02. The van der Waals surface area contributed by atoms with Crippen molar-refractivity contribution in [3.63, 3.8) is 0 Å². The van der Waals surface area contributed by atoms with Crippen LogP contribution in [0.1, 0.15) is 22.5 Å². The summed E-state index contributed by atoms with van der Waals surface area (Å²) in [6, 6.07) is 5.36. The topological polar surface area (TPSA) is 71.5 Å². The predicted octanol–water partition coefficient (Wildman–Crippen LogP) is 1.54. The lowest BCUT2D eigenvalue weighted by atomic mass is 10.2. The van der Waals surface area contributed by atoms with E-state index < -0.39 is 0 Å². The highest BCUT2D eigenvalue weighted by Gasteiger charge is 2.22. The van der Waals surface area contributed by atoms with Gasteiger partial charge in [-0.05, 0) is 25.5 Å². The molecule has 2 aromatic heterocycles. The van der Waals surface area contributed by atoms with Crippen LogP contribution >= 0.6 is 0 Å². The van der Waals surface area contributed by atoms with Crippen molar-refractivity contribution in [2.45, 2.75) is 13.3 Å². The zero-order valence-corrected chi connectivity index (χ0v) is 14.0. The molecule has 2 aromatic rings. The summed E-state index contributed by atoms with van der Waals surface area (Å²) in [4.78, 5) is 29.6. The molecule has 24 heavy (non-hydrogen) atoms. The second-order valence-corrected chi connectivity index (χ2v) is 5.67. The van der Waals surface area contributed by atoms with Crippen LogP contribution in [0.3, 0.4) is 0 Å². The van der Waals surface area contributed by atoms with Crippen molar-refractivity contribution in [2.75, 3.05) is 38.2 Å². The molecule has 0 saturated carbocycles. The molecule has 0 aromatic carbocycles. The Hall–Kier alpha value is -2.70. The molecule has 1 amide bonds. The molecule has 1 aliphatic rings. The van der Waals surface area contributed by atoms with Crippen molar-refractivity contribution in [3.8, 4) is 5.88 Å². The molecule has 0 spiro atoms. The van der Waals surface area contributed by atoms with E-state index in [-0.39, 0.29) is 5.91 Å². The van der Waals surface area contributed by atoms with E-state index in [2.05, 4.69) is 19.9 Å². The molecule has 0 unspecified atom stereocenters. The molecular formula is C17H21N5O2. The van der Waals surface area contributed by atoms with Gasteiger partial charge in [-0.25, -0.2) is 4.98 Å². The minimum Gasteiger partial charge on any atom is -0.481 e. The highest BCUT2D eigenvalue weighted by Crippen LogP contribution is 2.16. The second kappa shape index (κ2) is 7.25. The first-order chi connectivity index (χ1) is 11.7. The number of carbonyl (C=O) groups is 1. The molecule has 1 fully saturated rings. The summed E-state index contributed by atoms with van der Waals surface area (Å²) in [5.41, 5.74) is 1.43. The molecule has 3 heterocycles. The number of hydrogen-bond acceptors (Lipinski definition) is 6. The maximum absolute atomic E-state index is 12.7. The fourth-order valence-corrected chi connectivity index (χ4v) is 2.80. The van der Waals surface area contributed by atoms with Gasteiger partial charge in [-0.2, -0.15) is 4.98 Å². The number of ether oxygens (including phenoxy) is 1. The maximum Gasteiger partial charge on any atom is 0.255 e. The Kier molecular flexibility index (Phi) is 4.88. The van der Waals surface area contributed by atoms with Gasteiger partial charge in [-0.3, -0.25) is 9.78 Å². The van der Waals surface area contributed by atoms with E-state index in [0.29, 0.717) is 37.0 Å². The van der Waals surface area contributed by atoms with E-state index in [1.165, 1.54) is 0 Å². The number of anilines is 1. The molecule has 0 atom stereocenters. The lowest BCUT2D eigenvalue weighted by Gasteiger charge is -2.22. The average molecular weight is 327 g/mol. The monoisotopic (exact) mass is 327 g/mol. The van der Waals surface area contributed by atoms with Crippen LogP contribution < -0.4 is 9.64 Å². The number of rotatable bonds is 3. The van der Waals surface area contributed by atoms with Crippen LogP contribution in [0.15, 0.2) is 30.6 Å². The van der Waals surface area contributed by atoms with Gasteiger partial charge in [0.1, 0.15) is 0 Å². The predicted molar refractivity (Wildman–Crippen MR) is 90.3 cm³/mol. The Morgan fingerprint density at radius 2 is 2.00 bits per heavy atom. The summed E-state index contributed by atoms with van der Waals surface area (Å²) in [6.45, 7) is 4.71. The molecule has 126 valence electrons. The molecule has 0 aliphatic carbocycles. The smallest absolute Gasteiger partial charge is 0.255 e. The normalized spacial score (nSPS) is 15.1. The lowest BCUT2D eigenvalue weighted by Crippen LogP contribution is -2.36. The van der Waals surface area contributed by atoms with Gasteiger partial charge in [-0.1, -0.05) is 0 Å². The molecule has 3 rings (SSSR count). The summed E-state index contributed by atoms with van der Waals surface area (Å²) in [7, 11) is 1.59. The van der Waals surface area contributed by atoms with Crippen LogP contribution in [-0.4, -0.2) is 59.0 Å². The minimum atomic E-state index is 0.0361. The van der Waals surface area contributed by atoms with Crippen LogP contribution in [0.2, 0.25) is 0 Å². The lowest BCUT2D eigenvalue weighted by molar-refractivity contribution is 0.0765. The van der Waals surface area contributed by atoms with Crippen LogP contribution in [0.5, 0.6) is 5.88 Å². The molecule has 0 N–H and O–H groups in total. The quantitative estimate of drug-likeness (QED) is 0.851. The van der Waals surface area contributed by atoms with E-state index in [9.17, 15) is 4.79 Å². The first-order valence-electron chi connectivity index (χ1n) is 8.02. The minimum absolute atomic E-state index is 0.0361. The number of hydrogen-bond donors (Lipinski definition) is 0. The highest BCUT2D eigenvalue weighted by molar-refractivity contribution is 5.95. The largest absolute Gasteiger partial charge is 0.481 e. The van der Waals surface area contributed by atoms with Gasteiger partial charge in [0.05, 0.1) is 12.7 Å². The van der Waals surface area contributed by atoms with Crippen molar-refractivity contribution < 1.29 is 9.53 Å². The van der Waals surface area contributed by atoms with Crippen molar-refractivity contribution in [1.29, 1.82) is 0 Å². The maximum atomic E-state index is 12.7. The fourth-order valence-electron chi connectivity index (χ4n) is 2.80. The summed E-state index contributed by atoms with van der Waals surface area (Å²) in [5, 5.41) is 0. The SMILES string of the molecule is COc1ccnc(N2CCCN(C(=O)c3cccnc3C)CC2)n1. The molecular weight excluding hydrogens is 306 g/mol. The molecule has 7 heteroatoms. The number of nitrogens with zero attached hydrogens (tertiary/aromatic N) is 5. The van der Waals surface area contributed by atoms with Gasteiger partial charge in [0.2, 0.25) is 11.8 Å². The summed E-state index contributed by atoms with van der Waals surface area (Å²) in [5.74, 6) is 1.22. The summed E-state index contributed by atoms with van der Waals surface area (Å²) in [6.07, 6.45) is 4.26. The van der Waals surface area contributed by atoms with E-state index in [1.54, 1.807) is 31.6 Å². The third-order valence-electron chi connectivity index (χ3n) is 4.13. The van der Waals surface area contributed by atoms with Crippen LogP contribution in [0.4, 0.5) is 5.95 Å². The van der Waals surface area contributed by atoms with Gasteiger partial charge in [0, 0.05) is 50.3 Å². The van der Waals surface area contributed by atoms with Gasteiger partial charge < -0.3 is 14.5 Å². The van der Waals surface area contributed by atoms with E-state index >= 15 is 0 Å². The number of pyridine rings is 1. The first kappa shape index (κ1) is 16.2. The molecule has 0 radical (unpaired) electrons. The number of methoxy groups -OCH3 is 1. The van der Waals surface area contributed by atoms with Crippen LogP contribution in [-0.2, 0) is 0 Å². The van der Waals surface area contributed by atoms with Gasteiger partial charge in [0.25, 0.3) is 5.91 Å². The average Bonchev–Trinajstić information content (AvgIpc) is 2.88. The van der Waals surface area contributed by atoms with E-state index in [4.69, 9.17) is 4.74 Å². The second-order valence-electron chi connectivity index (χ2n) is 5.67. The zero-order valence-electron chi connectivity index (χ0n) is 14.0. The standard InChI is InChI=1S/C17H21N5O2/c1-13-14(5-3-7-18-13)16(23)21-9-4-10-22(12-11-21)17-19-8-6-15(20-17)24-2/h3,5-8H,4,9-12H2,1-2H3. The Morgan fingerprint density at radius 1 is 1.12 bits per heavy atom. The number of aromatic nitrogens is 3. The molecule has 1 saturated heterocycles. The molecule has 7 nitrogen and oxygen atoms in total. The van der Waals surface area contributed by atoms with Crippen molar-refractivity contribution in [2.24, 2.45) is 0 Å². The Morgan fingerprint density at radius 3 is 2.79 bits per heavy atom. The van der Waals surface area contributed by atoms with E-state index in [1.807, 2.05) is 17.9 Å². The molecule has 0 bridgehead atoms. The number of aryl methyl sites for hydroxylation is 1. The fraction of sp³-hybridized carbons (Fsp3) is 0.412. The van der Waals surface area contributed by atoms with E-state index in [0.717, 1.165) is 18.7 Å².